The number of nitrogens with one attached hydrogen (secondary N) is 1. The van der Waals surface area contributed by atoms with Crippen LogP contribution in [0.5, 0.6) is 0 Å². The van der Waals surface area contributed by atoms with E-state index < -0.39 is 0 Å². The van der Waals surface area contributed by atoms with Gasteiger partial charge in [-0.15, -0.1) is 5.10 Å². The van der Waals surface area contributed by atoms with Crippen LogP contribution in [0.1, 0.15) is 17.3 Å². The van der Waals surface area contributed by atoms with Crippen LogP contribution in [-0.4, -0.2) is 16.6 Å². The van der Waals surface area contributed by atoms with E-state index >= 15 is 0 Å². The van der Waals surface area contributed by atoms with Gasteiger partial charge in [0, 0.05) is 9.85 Å². The Labute approximate surface area is 111 Å². The Kier molecular flexibility index (Phi) is 4.20. The third kappa shape index (κ3) is 3.08. The molecular weight excluding hydrogens is 305 g/mol. The smallest absolute Gasteiger partial charge is 0.124 e. The molecule has 2 rings (SSSR count). The zero-order valence-electron chi connectivity index (χ0n) is 9.15. The second-order valence-corrected chi connectivity index (χ2v) is 5.08. The molecule has 0 saturated heterocycles. The summed E-state index contributed by atoms with van der Waals surface area (Å²) >= 11 is 4.69. The van der Waals surface area contributed by atoms with Crippen LogP contribution in [-0.2, 0) is 6.42 Å². The molecule has 1 N–H and O–H groups in total. The topological polar surface area (TPSA) is 37.8 Å². The second kappa shape index (κ2) is 5.66. The van der Waals surface area contributed by atoms with Crippen LogP contribution >= 0.6 is 27.5 Å². The Morgan fingerprint density at radius 2 is 2.35 bits per heavy atom. The lowest BCUT2D eigenvalue weighted by atomic mass is 10.0. The fourth-order valence-corrected chi connectivity index (χ4v) is 2.61. The molecule has 90 valence electrons. The minimum Gasteiger partial charge on any atom is -0.311 e. The van der Waals surface area contributed by atoms with E-state index in [2.05, 4.69) is 30.8 Å². The summed E-state index contributed by atoms with van der Waals surface area (Å²) in [6, 6.07) is 4.81. The molecule has 1 aromatic carbocycles. The first-order chi connectivity index (χ1) is 8.20. The molecule has 0 saturated carbocycles. The van der Waals surface area contributed by atoms with Crippen LogP contribution in [0.15, 0.2) is 28.1 Å². The molecule has 0 aliphatic heterocycles. The summed E-state index contributed by atoms with van der Waals surface area (Å²) in [5.41, 5.74) is 1.95. The highest BCUT2D eigenvalue weighted by molar-refractivity contribution is 9.10. The zero-order chi connectivity index (χ0) is 12.3. The molecule has 1 aromatic heterocycles. The number of nitrogens with zero attached hydrogens (tertiary/aromatic N) is 2. The number of benzene rings is 1. The van der Waals surface area contributed by atoms with Crippen molar-refractivity contribution in [3.05, 3.63) is 45.1 Å². The first-order valence-corrected chi connectivity index (χ1v) is 6.72. The van der Waals surface area contributed by atoms with Crippen molar-refractivity contribution >= 4 is 27.5 Å². The molecule has 0 spiro atoms. The normalized spacial score (nSPS) is 12.6. The molecule has 0 bridgehead atoms. The van der Waals surface area contributed by atoms with Crippen molar-refractivity contribution in [3.63, 3.8) is 0 Å². The lowest BCUT2D eigenvalue weighted by Crippen LogP contribution is -2.19. The quantitative estimate of drug-likeness (QED) is 0.942. The van der Waals surface area contributed by atoms with Gasteiger partial charge in [0.25, 0.3) is 0 Å². The highest BCUT2D eigenvalue weighted by atomic mass is 79.9. The van der Waals surface area contributed by atoms with Crippen molar-refractivity contribution in [2.75, 3.05) is 7.05 Å². The number of aromatic nitrogens is 2. The summed E-state index contributed by atoms with van der Waals surface area (Å²) in [6.07, 6.45) is 0.739. The van der Waals surface area contributed by atoms with Gasteiger partial charge in [-0.1, -0.05) is 26.5 Å². The highest BCUT2D eigenvalue weighted by Crippen LogP contribution is 2.24. The zero-order valence-corrected chi connectivity index (χ0v) is 11.6. The number of hydrogen-bond donors (Lipinski definition) is 1. The van der Waals surface area contributed by atoms with Crippen LogP contribution in [0.25, 0.3) is 0 Å². The van der Waals surface area contributed by atoms with Crippen molar-refractivity contribution in [1.82, 2.24) is 14.9 Å². The lowest BCUT2D eigenvalue weighted by Gasteiger charge is -2.14. The molecule has 1 heterocycles. The maximum Gasteiger partial charge on any atom is 0.124 e. The van der Waals surface area contributed by atoms with Crippen LogP contribution in [0.3, 0.4) is 0 Å². The molecule has 0 fully saturated rings. The molecule has 0 aliphatic carbocycles. The Bertz CT molecular complexity index is 489. The summed E-state index contributed by atoms with van der Waals surface area (Å²) < 4.78 is 17.6. The minimum atomic E-state index is -0.239. The van der Waals surface area contributed by atoms with Gasteiger partial charge < -0.3 is 5.32 Å². The average molecular weight is 316 g/mol. The Hall–Kier alpha value is -0.850. The number of rotatable bonds is 4. The molecule has 2 aromatic rings. The van der Waals surface area contributed by atoms with Gasteiger partial charge >= 0.3 is 0 Å². The maximum atomic E-state index is 13.0. The van der Waals surface area contributed by atoms with E-state index in [1.165, 1.54) is 23.7 Å². The van der Waals surface area contributed by atoms with Gasteiger partial charge in [0.05, 0.1) is 11.7 Å². The Morgan fingerprint density at radius 1 is 1.53 bits per heavy atom. The first-order valence-electron chi connectivity index (χ1n) is 5.09. The average Bonchev–Trinajstić information content (AvgIpc) is 2.81. The van der Waals surface area contributed by atoms with E-state index in [-0.39, 0.29) is 11.9 Å². The summed E-state index contributed by atoms with van der Waals surface area (Å²) in [6.45, 7) is 0. The maximum absolute atomic E-state index is 13.0. The fraction of sp³-hybridized carbons (Fsp3) is 0.273. The standard InChI is InChI=1S/C11H11BrFN3S/c1-14-10(11-6-17-16-15-11)4-7-2-3-8(13)5-9(7)12/h2-3,5-6,10,14H,4H2,1H3. The molecular formula is C11H11BrFN3S. The van der Waals surface area contributed by atoms with Crippen molar-refractivity contribution in [2.24, 2.45) is 0 Å². The first kappa shape index (κ1) is 12.6. The van der Waals surface area contributed by atoms with Gasteiger partial charge in [-0.25, -0.2) is 4.39 Å². The summed E-state index contributed by atoms with van der Waals surface area (Å²) in [5, 5.41) is 9.15. The van der Waals surface area contributed by atoms with Crippen LogP contribution in [0.2, 0.25) is 0 Å². The van der Waals surface area contributed by atoms with Gasteiger partial charge in [-0.3, -0.25) is 0 Å². The van der Waals surface area contributed by atoms with E-state index in [4.69, 9.17) is 0 Å². The fourth-order valence-electron chi connectivity index (χ4n) is 1.59. The monoisotopic (exact) mass is 315 g/mol. The molecule has 17 heavy (non-hydrogen) atoms. The Morgan fingerprint density at radius 3 is 2.94 bits per heavy atom. The second-order valence-electron chi connectivity index (χ2n) is 3.61. The van der Waals surface area contributed by atoms with Gasteiger partial charge in [0.15, 0.2) is 0 Å². The molecule has 1 unspecified atom stereocenters. The van der Waals surface area contributed by atoms with Gasteiger partial charge in [0.2, 0.25) is 0 Å². The summed E-state index contributed by atoms with van der Waals surface area (Å²) in [4.78, 5) is 0. The van der Waals surface area contributed by atoms with Gasteiger partial charge in [-0.05, 0) is 42.7 Å². The van der Waals surface area contributed by atoms with Crippen molar-refractivity contribution in [2.45, 2.75) is 12.5 Å². The van der Waals surface area contributed by atoms with Crippen molar-refractivity contribution in [1.29, 1.82) is 0 Å². The minimum absolute atomic E-state index is 0.0931. The predicted octanol–water partition coefficient (Wildman–Crippen LogP) is 2.94. The number of hydrogen-bond acceptors (Lipinski definition) is 4. The van der Waals surface area contributed by atoms with Crippen LogP contribution < -0.4 is 5.32 Å². The van der Waals surface area contributed by atoms with Crippen molar-refractivity contribution in [3.8, 4) is 0 Å². The van der Waals surface area contributed by atoms with Gasteiger partial charge in [0.1, 0.15) is 5.82 Å². The highest BCUT2D eigenvalue weighted by Gasteiger charge is 2.14. The predicted molar refractivity (Wildman–Crippen MR) is 69.5 cm³/mol. The molecule has 3 nitrogen and oxygen atoms in total. The lowest BCUT2D eigenvalue weighted by molar-refractivity contribution is 0.571. The largest absolute Gasteiger partial charge is 0.311 e. The molecule has 0 amide bonds. The number of likely N-dealkylation sites (N-methyl/N-ethyl adjacent to an activating group) is 1. The van der Waals surface area contributed by atoms with E-state index in [0.717, 1.165) is 22.2 Å². The third-order valence-corrected chi connectivity index (χ3v) is 3.78. The molecule has 1 atom stereocenters. The van der Waals surface area contributed by atoms with E-state index in [0.29, 0.717) is 0 Å². The van der Waals surface area contributed by atoms with Crippen LogP contribution in [0, 0.1) is 5.82 Å². The summed E-state index contributed by atoms with van der Waals surface area (Å²) in [5.74, 6) is -0.239. The Balaban J connectivity index is 2.19. The SMILES string of the molecule is CNC(Cc1ccc(F)cc1Br)c1csnn1. The van der Waals surface area contributed by atoms with Gasteiger partial charge in [-0.2, -0.15) is 0 Å². The summed E-state index contributed by atoms with van der Waals surface area (Å²) in [7, 11) is 1.88. The molecule has 6 heteroatoms. The van der Waals surface area contributed by atoms with E-state index in [1.807, 2.05) is 12.4 Å². The van der Waals surface area contributed by atoms with Crippen LogP contribution in [0.4, 0.5) is 4.39 Å². The van der Waals surface area contributed by atoms with E-state index in [1.54, 1.807) is 6.07 Å². The van der Waals surface area contributed by atoms with E-state index in [9.17, 15) is 4.39 Å². The molecule has 0 aliphatic rings. The third-order valence-electron chi connectivity index (χ3n) is 2.52. The number of halogens is 2. The van der Waals surface area contributed by atoms with Crippen molar-refractivity contribution < 1.29 is 4.39 Å². The molecule has 0 radical (unpaired) electrons.